The average molecular weight is 1770 g/mol. The summed E-state index contributed by atoms with van der Waals surface area (Å²) >= 11 is 24.1. The second-order valence-electron chi connectivity index (χ2n) is 36.1. The van der Waals surface area contributed by atoms with Gasteiger partial charge in [-0.3, -0.25) is 0 Å². The lowest BCUT2D eigenvalue weighted by molar-refractivity contribution is 0.403. The number of benzene rings is 13. The lowest BCUT2D eigenvalue weighted by Crippen LogP contribution is -2.18. The number of phenols is 5. The van der Waals surface area contributed by atoms with Crippen LogP contribution in [0.5, 0.6) is 34.5 Å². The number of aromatic nitrogens is 15. The van der Waals surface area contributed by atoms with E-state index in [9.17, 15) is 25.5 Å². The van der Waals surface area contributed by atoms with Crippen LogP contribution in [-0.2, 0) is 21.7 Å². The van der Waals surface area contributed by atoms with Crippen molar-refractivity contribution in [3.63, 3.8) is 0 Å². The maximum atomic E-state index is 11.1. The molecule has 0 spiro atoms. The fourth-order valence-electron chi connectivity index (χ4n) is 15.0. The molecule has 18 aromatic rings. The second-order valence-corrected chi connectivity index (χ2v) is 37.8. The monoisotopic (exact) mass is 1770 g/mol. The number of aryl methyl sites for hydroxylation is 7. The van der Waals surface area contributed by atoms with E-state index in [2.05, 4.69) is 154 Å². The lowest BCUT2D eigenvalue weighted by Gasteiger charge is -2.27. The van der Waals surface area contributed by atoms with Crippen LogP contribution in [0.25, 0.3) is 117 Å². The van der Waals surface area contributed by atoms with Gasteiger partial charge in [0.05, 0.1) is 7.11 Å². The predicted molar refractivity (Wildman–Crippen MR) is 514 cm³/mol. The molecule has 5 N–H and O–H groups in total. The van der Waals surface area contributed by atoms with E-state index in [1.807, 2.05) is 176 Å². The largest absolute Gasteiger partial charge is 0.505 e. The molecule has 0 radical (unpaired) electrons. The second kappa shape index (κ2) is 35.7. The number of halogens is 4. The Balaban J connectivity index is 0.000000129. The van der Waals surface area contributed by atoms with Gasteiger partial charge in [-0.25, -0.2) is 0 Å². The van der Waals surface area contributed by atoms with Gasteiger partial charge in [-0.05, 0) is 253 Å². The molecule has 0 aliphatic rings. The summed E-state index contributed by atoms with van der Waals surface area (Å²) in [6.07, 6.45) is 0. The molecule has 648 valence electrons. The van der Waals surface area contributed by atoms with Crippen LogP contribution in [0, 0.1) is 48.5 Å². The quantitative estimate of drug-likeness (QED) is 0.0899. The maximum absolute atomic E-state index is 11.1. The van der Waals surface area contributed by atoms with Gasteiger partial charge in [-0.1, -0.05) is 226 Å². The molecule has 127 heavy (non-hydrogen) atoms. The van der Waals surface area contributed by atoms with Crippen molar-refractivity contribution in [1.29, 1.82) is 0 Å². The molecule has 5 aromatic heterocycles. The summed E-state index contributed by atoms with van der Waals surface area (Å²) in [5, 5.41) is 102. The van der Waals surface area contributed by atoms with Crippen LogP contribution in [0.4, 0.5) is 0 Å². The van der Waals surface area contributed by atoms with Crippen molar-refractivity contribution in [2.45, 2.75) is 153 Å². The van der Waals surface area contributed by atoms with Crippen LogP contribution in [0.1, 0.15) is 144 Å². The molecule has 0 amide bonds. The molecule has 0 aliphatic heterocycles. The van der Waals surface area contributed by atoms with E-state index in [1.54, 1.807) is 72.6 Å². The van der Waals surface area contributed by atoms with Gasteiger partial charge in [0.25, 0.3) is 0 Å². The normalized spacial score (nSPS) is 11.8. The highest BCUT2D eigenvalue weighted by Gasteiger charge is 2.30. The number of ether oxygens (including phenoxy) is 1. The number of fused-ring (bicyclic) bond motifs is 5. The zero-order valence-electron chi connectivity index (χ0n) is 74.6. The van der Waals surface area contributed by atoms with Gasteiger partial charge in [-0.15, -0.1) is 75.0 Å². The SMILES string of the molecule is CC(C)(C)c1cc(-c2ccccc2)c(O)c(-n2nc3ccc(Cl)cc3n2)c1.COc1cc(-n2nc3ccc(Cl)cc3n2)c(O)c(C(C)(C)C)c1.Cc1cc(-c2ccccc2)c(O)c(-n2nc3ccc(Cl)cc3n2)c1.Cc1cc(C)c(-c2cc(C)cc(-n3nc4ccc(Cl)cc4n3)c2O)c(C)c1.Cc1ccc(C)c2nn(-c3cc(C(C)(C)C)cc(C(C)(C)C)c3O)nc12. The molecule has 0 fully saturated rings. The third-order valence-electron chi connectivity index (χ3n) is 21.8. The first-order valence-corrected chi connectivity index (χ1v) is 43.0. The Morgan fingerprint density at radius 2 is 0.567 bits per heavy atom. The summed E-state index contributed by atoms with van der Waals surface area (Å²) in [5.74, 6) is 1.51. The van der Waals surface area contributed by atoms with Crippen LogP contribution >= 0.6 is 46.4 Å². The van der Waals surface area contributed by atoms with Crippen molar-refractivity contribution in [2.75, 3.05) is 7.11 Å². The fourth-order valence-corrected chi connectivity index (χ4v) is 15.7. The smallest absolute Gasteiger partial charge is 0.150 e. The minimum absolute atomic E-state index is 0.0408. The highest BCUT2D eigenvalue weighted by atomic mass is 35.5. The molecule has 25 heteroatoms. The Bertz CT molecular complexity index is 7150. The number of hydrogen-bond acceptors (Lipinski definition) is 16. The van der Waals surface area contributed by atoms with E-state index in [1.165, 1.54) is 24.7 Å². The number of nitrogens with zero attached hydrogens (tertiary/aromatic N) is 15. The standard InChI is InChI=1S/2C22H20ClN3O.C22H29N3O.C19H14ClN3O.C17H18ClN3O2/c1-12-7-14(3)21(15(4)8-12)17-9-13(2)10-20(22(17)27)26-24-18-6-5-16(23)11-19(18)25-26;1-22(2,3)15-11-17(14-7-5-4-6-8-14)21(27)20(12-15)26-24-18-10-9-16(23)13-19(18)25-26;1-13-9-10-14(2)19-18(13)23-25(24-19)17-12-15(21(3,4)5)11-16(20(17)26)22(6,7)8;1-12-9-15(13-5-3-2-4-6-13)19(24)18(10-12)23-21-16-8-7-14(20)11-17(16)22-23;1-17(2,3)12-8-11(23-4)9-15(16(12)22)21-19-13-6-5-10(18)7-14(13)20-21/h5-11,27H,1-4H3;4-13,27H,1-3H3;9-12,26H,1-8H3;2-11,24H,1H3;5-9,22H,1-4H3. The zero-order chi connectivity index (χ0) is 91.4. The number of methoxy groups -OCH3 is 1. The Hall–Kier alpha value is -13.2. The van der Waals surface area contributed by atoms with Crippen LogP contribution in [0.3, 0.4) is 0 Å². The van der Waals surface area contributed by atoms with Crippen molar-refractivity contribution in [1.82, 2.24) is 75.0 Å². The van der Waals surface area contributed by atoms with E-state index in [4.69, 9.17) is 61.3 Å². The molecule has 0 saturated carbocycles. The van der Waals surface area contributed by atoms with Gasteiger partial charge in [0.2, 0.25) is 0 Å². The molecular weight excluding hydrogens is 1670 g/mol. The van der Waals surface area contributed by atoms with Gasteiger partial charge in [-0.2, -0.15) is 0 Å². The topological polar surface area (TPSA) is 264 Å². The van der Waals surface area contributed by atoms with Crippen LogP contribution in [0.2, 0.25) is 20.1 Å². The van der Waals surface area contributed by atoms with Gasteiger partial charge >= 0.3 is 0 Å². The Kier molecular flexibility index (Phi) is 25.3. The fraction of sp³-hybridized carbons (Fsp3) is 0.235. The third-order valence-corrected chi connectivity index (χ3v) is 22.7. The molecule has 0 saturated heterocycles. The molecule has 0 aliphatic carbocycles. The molecule has 21 nitrogen and oxygen atoms in total. The van der Waals surface area contributed by atoms with E-state index < -0.39 is 0 Å². The van der Waals surface area contributed by atoms with E-state index in [0.29, 0.717) is 81.9 Å². The molecular formula is C102H101Cl4N15O6. The highest BCUT2D eigenvalue weighted by Crippen LogP contribution is 2.45. The molecule has 0 atom stereocenters. The summed E-state index contributed by atoms with van der Waals surface area (Å²) in [6, 6.07) is 68.7. The average Bonchev–Trinajstić information content (AvgIpc) is 1.68. The summed E-state index contributed by atoms with van der Waals surface area (Å²) < 4.78 is 5.36. The Labute approximate surface area is 758 Å². The zero-order valence-corrected chi connectivity index (χ0v) is 77.7. The summed E-state index contributed by atoms with van der Waals surface area (Å²) in [5.41, 5.74) is 26.4. The van der Waals surface area contributed by atoms with Crippen LogP contribution in [-0.4, -0.2) is 108 Å². The Morgan fingerprint density at radius 1 is 0.268 bits per heavy atom. The maximum Gasteiger partial charge on any atom is 0.150 e. The van der Waals surface area contributed by atoms with Crippen molar-refractivity contribution >= 4 is 102 Å². The first-order valence-electron chi connectivity index (χ1n) is 41.5. The first kappa shape index (κ1) is 90.1. The number of aromatic hydroxyl groups is 5. The summed E-state index contributed by atoms with van der Waals surface area (Å²) in [6.45, 7) is 39.6. The summed E-state index contributed by atoms with van der Waals surface area (Å²) in [7, 11) is 1.59. The number of phenolic OH excluding ortho intramolecular Hbond substituents is 5. The summed E-state index contributed by atoms with van der Waals surface area (Å²) in [4.78, 5) is 7.41. The van der Waals surface area contributed by atoms with Gasteiger partial charge < -0.3 is 30.3 Å². The molecule has 5 heterocycles. The molecule has 0 bridgehead atoms. The lowest BCUT2D eigenvalue weighted by atomic mass is 9.80. The minimum Gasteiger partial charge on any atom is -0.505 e. The van der Waals surface area contributed by atoms with E-state index >= 15 is 0 Å². The highest BCUT2D eigenvalue weighted by molar-refractivity contribution is 6.32. The third kappa shape index (κ3) is 19.6. The molecule has 0 unspecified atom stereocenters. The first-order chi connectivity index (χ1) is 60.0. The molecule has 13 aromatic carbocycles. The van der Waals surface area contributed by atoms with Crippen molar-refractivity contribution in [2.24, 2.45) is 0 Å². The number of hydrogen-bond donors (Lipinski definition) is 5. The molecule has 18 rings (SSSR count). The van der Waals surface area contributed by atoms with Gasteiger partial charge in [0, 0.05) is 54.0 Å². The van der Waals surface area contributed by atoms with Crippen molar-refractivity contribution < 1.29 is 30.3 Å². The van der Waals surface area contributed by atoms with Crippen LogP contribution < -0.4 is 4.74 Å². The van der Waals surface area contributed by atoms with Crippen LogP contribution in [0.15, 0.2) is 218 Å². The van der Waals surface area contributed by atoms with Gasteiger partial charge in [0.1, 0.15) is 101 Å². The van der Waals surface area contributed by atoms with E-state index in [0.717, 1.165) is 117 Å². The Morgan fingerprint density at radius 3 is 0.929 bits per heavy atom. The van der Waals surface area contributed by atoms with Crippen molar-refractivity contribution in [3.05, 3.63) is 300 Å². The minimum atomic E-state index is -0.247. The number of rotatable bonds is 9. The predicted octanol–water partition coefficient (Wildman–Crippen LogP) is 25.6. The van der Waals surface area contributed by atoms with Gasteiger partial charge in [0.15, 0.2) is 17.2 Å². The van der Waals surface area contributed by atoms with E-state index in [-0.39, 0.29) is 50.4 Å². The van der Waals surface area contributed by atoms with Crippen molar-refractivity contribution in [3.8, 4) is 96.3 Å².